The summed E-state index contributed by atoms with van der Waals surface area (Å²) in [5, 5.41) is 0. The lowest BCUT2D eigenvalue weighted by Crippen LogP contribution is -2.44. The number of unbranched alkanes of at least 4 members (excludes halogenated alkanes) is 1. The van der Waals surface area contributed by atoms with Crippen LogP contribution in [0.3, 0.4) is 0 Å². The molecule has 86 valence electrons. The minimum absolute atomic E-state index is 0.923. The van der Waals surface area contributed by atoms with Crippen molar-refractivity contribution in [3.63, 3.8) is 0 Å². The fraction of sp³-hybridized carbons (Fsp3) is 1.00. The monoisotopic (exact) mass is 218 g/mol. The largest absolute Gasteiger partial charge is 0.412 e. The average Bonchev–Trinajstić information content (AvgIpc) is 1.98. The Kier molecular flexibility index (Phi) is 5.94. The van der Waals surface area contributed by atoms with Gasteiger partial charge in [-0.2, -0.15) is 0 Å². The molecule has 0 radical (unpaired) electrons. The number of hydrogen-bond donors (Lipinski definition) is 0. The van der Waals surface area contributed by atoms with E-state index in [-0.39, 0.29) is 0 Å². The van der Waals surface area contributed by atoms with Crippen LogP contribution in [0.5, 0.6) is 0 Å². The molecule has 0 aromatic rings. The third-order valence-corrected chi connectivity index (χ3v) is 3.42. The Morgan fingerprint density at radius 3 is 2.07 bits per heavy atom. The van der Waals surface area contributed by atoms with Gasteiger partial charge >= 0.3 is 0 Å². The first-order valence-corrected chi connectivity index (χ1v) is 9.14. The van der Waals surface area contributed by atoms with E-state index in [0.717, 1.165) is 17.6 Å². The lowest BCUT2D eigenvalue weighted by molar-refractivity contribution is -0.890. The molecule has 0 spiro atoms. The van der Waals surface area contributed by atoms with Gasteiger partial charge in [0.05, 0.1) is 27.2 Å². The van der Waals surface area contributed by atoms with Crippen LogP contribution in [0.4, 0.5) is 0 Å². The zero-order valence-electron chi connectivity index (χ0n) is 10.9. The summed E-state index contributed by atoms with van der Waals surface area (Å²) in [5.41, 5.74) is 0. The predicted molar refractivity (Wildman–Crippen MR) is 66.0 cm³/mol. The molecule has 2 nitrogen and oxygen atoms in total. The second kappa shape index (κ2) is 5.88. The van der Waals surface area contributed by atoms with Crippen molar-refractivity contribution in [1.82, 2.24) is 0 Å². The van der Waals surface area contributed by atoms with Gasteiger partial charge in [-0.1, -0.05) is 13.3 Å². The summed E-state index contributed by atoms with van der Waals surface area (Å²) in [6.45, 7) is 12.3. The Morgan fingerprint density at radius 1 is 1.07 bits per heavy atom. The van der Waals surface area contributed by atoms with Crippen LogP contribution in [0.1, 0.15) is 19.8 Å². The van der Waals surface area contributed by atoms with Crippen LogP contribution >= 0.6 is 0 Å². The maximum atomic E-state index is 5.87. The predicted octanol–water partition coefficient (Wildman–Crippen LogP) is 2.71. The second-order valence-corrected chi connectivity index (χ2v) is 10.2. The number of hydrogen-bond acceptors (Lipinski definition) is 1. The molecule has 14 heavy (non-hydrogen) atoms. The van der Waals surface area contributed by atoms with Crippen molar-refractivity contribution >= 4 is 8.32 Å². The molecule has 0 rings (SSSR count). The van der Waals surface area contributed by atoms with E-state index in [1.54, 1.807) is 0 Å². The molecule has 0 saturated heterocycles. The smallest absolute Gasteiger partial charge is 0.184 e. The van der Waals surface area contributed by atoms with Crippen molar-refractivity contribution in [3.05, 3.63) is 0 Å². The third kappa shape index (κ3) is 8.72. The molecule has 3 heteroatoms. The van der Waals surface area contributed by atoms with Crippen LogP contribution in [-0.2, 0) is 4.43 Å². The molecule has 0 aromatic heterocycles. The first kappa shape index (κ1) is 14.1. The van der Waals surface area contributed by atoms with Gasteiger partial charge in [0.2, 0.25) is 0 Å². The molecule has 0 fully saturated rings. The van der Waals surface area contributed by atoms with Crippen LogP contribution < -0.4 is 0 Å². The van der Waals surface area contributed by atoms with E-state index in [1.807, 2.05) is 0 Å². The summed E-state index contributed by atoms with van der Waals surface area (Å²) in [6, 6.07) is 0. The molecule has 0 unspecified atom stereocenters. The number of rotatable bonds is 7. The van der Waals surface area contributed by atoms with Gasteiger partial charge in [0.25, 0.3) is 0 Å². The Morgan fingerprint density at radius 2 is 1.64 bits per heavy atom. The van der Waals surface area contributed by atoms with Crippen molar-refractivity contribution in [2.24, 2.45) is 0 Å². The van der Waals surface area contributed by atoms with Crippen molar-refractivity contribution in [3.8, 4) is 0 Å². The van der Waals surface area contributed by atoms with Crippen LogP contribution in [0, 0.1) is 0 Å². The fourth-order valence-corrected chi connectivity index (χ4v) is 2.00. The van der Waals surface area contributed by atoms with E-state index in [4.69, 9.17) is 4.43 Å². The highest BCUT2D eigenvalue weighted by atomic mass is 28.4. The highest BCUT2D eigenvalue weighted by Crippen LogP contribution is 2.05. The molecule has 0 aromatic carbocycles. The zero-order valence-corrected chi connectivity index (χ0v) is 11.9. The third-order valence-electron chi connectivity index (χ3n) is 2.35. The molecular weight excluding hydrogens is 190 g/mol. The molecule has 0 N–H and O–H groups in total. The summed E-state index contributed by atoms with van der Waals surface area (Å²) in [5.74, 6) is 0. The minimum Gasteiger partial charge on any atom is -0.412 e. The topological polar surface area (TPSA) is 9.23 Å². The van der Waals surface area contributed by atoms with E-state index in [0.29, 0.717) is 0 Å². The highest BCUT2D eigenvalue weighted by molar-refractivity contribution is 6.69. The van der Waals surface area contributed by atoms with Crippen molar-refractivity contribution in [1.29, 1.82) is 0 Å². The quantitative estimate of drug-likeness (QED) is 0.472. The minimum atomic E-state index is -1.30. The standard InChI is InChI=1S/C11H28NOSi/c1-7-8-9-12(2,3)10-11-13-14(4,5)6/h7-11H2,1-6H3/q+1. The average molecular weight is 218 g/mol. The molecule has 0 bridgehead atoms. The van der Waals surface area contributed by atoms with E-state index in [2.05, 4.69) is 40.7 Å². The van der Waals surface area contributed by atoms with Gasteiger partial charge in [0.15, 0.2) is 8.32 Å². The summed E-state index contributed by atoms with van der Waals surface area (Å²) >= 11 is 0. The summed E-state index contributed by atoms with van der Waals surface area (Å²) < 4.78 is 6.96. The molecule has 0 aliphatic heterocycles. The number of nitrogens with zero attached hydrogens (tertiary/aromatic N) is 1. The van der Waals surface area contributed by atoms with E-state index in [1.165, 1.54) is 19.4 Å². The first-order valence-electron chi connectivity index (χ1n) is 5.73. The number of quaternary nitrogens is 1. The molecule has 0 heterocycles. The molecule has 0 aliphatic rings. The highest BCUT2D eigenvalue weighted by Gasteiger charge is 2.18. The second-order valence-electron chi connectivity index (χ2n) is 5.70. The lowest BCUT2D eigenvalue weighted by atomic mass is 10.3. The van der Waals surface area contributed by atoms with Crippen LogP contribution in [0.15, 0.2) is 0 Å². The van der Waals surface area contributed by atoms with Gasteiger partial charge in [-0.05, 0) is 26.1 Å². The first-order chi connectivity index (χ1) is 6.27. The Balaban J connectivity index is 3.65. The number of likely N-dealkylation sites (N-methyl/N-ethyl adjacent to an activating group) is 1. The normalized spacial score (nSPS) is 13.3. The molecule has 0 aliphatic carbocycles. The van der Waals surface area contributed by atoms with Crippen LogP contribution in [0.2, 0.25) is 19.6 Å². The summed E-state index contributed by atoms with van der Waals surface area (Å²) in [4.78, 5) is 0. The van der Waals surface area contributed by atoms with Crippen LogP contribution in [-0.4, -0.2) is 46.6 Å². The van der Waals surface area contributed by atoms with E-state index < -0.39 is 8.32 Å². The van der Waals surface area contributed by atoms with Gasteiger partial charge in [-0.3, -0.25) is 0 Å². The molecule has 0 amide bonds. The molecule has 0 saturated carbocycles. The van der Waals surface area contributed by atoms with Gasteiger partial charge in [0.1, 0.15) is 6.54 Å². The Hall–Kier alpha value is 0.137. The Bertz CT molecular complexity index is 152. The molecular formula is C11H28NOSi+. The van der Waals surface area contributed by atoms with Crippen molar-refractivity contribution in [2.45, 2.75) is 39.4 Å². The van der Waals surface area contributed by atoms with E-state index in [9.17, 15) is 0 Å². The summed E-state index contributed by atoms with van der Waals surface area (Å²) in [7, 11) is 3.29. The van der Waals surface area contributed by atoms with Gasteiger partial charge in [0, 0.05) is 0 Å². The SMILES string of the molecule is CCCC[N+](C)(C)CCO[Si](C)(C)C. The maximum absolute atomic E-state index is 5.87. The van der Waals surface area contributed by atoms with Crippen molar-refractivity contribution < 1.29 is 8.91 Å². The van der Waals surface area contributed by atoms with Gasteiger partial charge in [-0.15, -0.1) is 0 Å². The van der Waals surface area contributed by atoms with Crippen molar-refractivity contribution in [2.75, 3.05) is 33.8 Å². The van der Waals surface area contributed by atoms with Gasteiger partial charge < -0.3 is 8.91 Å². The lowest BCUT2D eigenvalue weighted by Gasteiger charge is -2.31. The fourth-order valence-electron chi connectivity index (χ4n) is 1.30. The van der Waals surface area contributed by atoms with Gasteiger partial charge in [-0.25, -0.2) is 0 Å². The zero-order chi connectivity index (χ0) is 11.2. The Labute approximate surface area is 91.0 Å². The maximum Gasteiger partial charge on any atom is 0.184 e. The molecule has 0 atom stereocenters. The van der Waals surface area contributed by atoms with E-state index >= 15 is 0 Å². The summed E-state index contributed by atoms with van der Waals surface area (Å²) in [6.07, 6.45) is 2.61. The van der Waals surface area contributed by atoms with Crippen LogP contribution in [0.25, 0.3) is 0 Å².